The number of nitrogens with zero attached hydrogens (tertiary/aromatic N) is 1. The van der Waals surface area contributed by atoms with Crippen LogP contribution in [0.1, 0.15) is 16.8 Å². The van der Waals surface area contributed by atoms with E-state index in [9.17, 15) is 0 Å². The molecule has 0 amide bonds. The summed E-state index contributed by atoms with van der Waals surface area (Å²) in [4.78, 5) is 0. The van der Waals surface area contributed by atoms with Crippen LogP contribution in [0.25, 0.3) is 11.3 Å². The van der Waals surface area contributed by atoms with Gasteiger partial charge in [0.2, 0.25) is 5.69 Å². The van der Waals surface area contributed by atoms with Gasteiger partial charge in [-0.1, -0.05) is 17.7 Å². The van der Waals surface area contributed by atoms with E-state index in [-0.39, 0.29) is 0 Å². The third kappa shape index (κ3) is 1.19. The van der Waals surface area contributed by atoms with Crippen LogP contribution < -0.4 is 4.57 Å². The topological polar surface area (TPSA) is 3.88 Å². The first-order valence-electron chi connectivity index (χ1n) is 5.35. The zero-order chi connectivity index (χ0) is 10.4. The van der Waals surface area contributed by atoms with Crippen molar-refractivity contribution in [3.8, 4) is 11.3 Å². The van der Waals surface area contributed by atoms with Crippen LogP contribution in [-0.2, 0) is 6.54 Å². The lowest BCUT2D eigenvalue weighted by Crippen LogP contribution is -2.35. The van der Waals surface area contributed by atoms with Crippen LogP contribution in [0.3, 0.4) is 0 Å². The fraction of sp³-hybridized carbons (Fsp3) is 0.214. The molecule has 3 rings (SSSR count). The molecule has 2 heterocycles. The van der Waals surface area contributed by atoms with Crippen molar-refractivity contribution in [3.05, 3.63) is 53.2 Å². The first-order chi connectivity index (χ1) is 7.25. The zero-order valence-electron chi connectivity index (χ0n) is 9.12. The molecule has 1 aliphatic heterocycles. The van der Waals surface area contributed by atoms with Gasteiger partial charge in [-0.2, -0.15) is 4.57 Å². The number of hydrogen-bond acceptors (Lipinski definition) is 0. The van der Waals surface area contributed by atoms with Crippen LogP contribution in [0.5, 0.6) is 0 Å². The van der Waals surface area contributed by atoms with E-state index >= 15 is 0 Å². The monoisotopic (exact) mass is 196 g/mol. The van der Waals surface area contributed by atoms with Crippen molar-refractivity contribution in [3.63, 3.8) is 0 Å². The molecule has 0 atom stereocenters. The molecule has 15 heavy (non-hydrogen) atoms. The van der Waals surface area contributed by atoms with Crippen molar-refractivity contribution in [2.75, 3.05) is 0 Å². The zero-order valence-corrected chi connectivity index (χ0v) is 9.12. The van der Waals surface area contributed by atoms with Crippen LogP contribution in [0.4, 0.5) is 0 Å². The molecule has 0 saturated carbocycles. The van der Waals surface area contributed by atoms with E-state index in [0.717, 1.165) is 6.54 Å². The molecule has 2 aromatic rings. The summed E-state index contributed by atoms with van der Waals surface area (Å²) in [6, 6.07) is 13.2. The summed E-state index contributed by atoms with van der Waals surface area (Å²) in [5.74, 6) is 0. The summed E-state index contributed by atoms with van der Waals surface area (Å²) in [7, 11) is 0. The molecule has 1 aromatic heterocycles. The van der Waals surface area contributed by atoms with Crippen molar-refractivity contribution >= 4 is 0 Å². The normalized spacial score (nSPS) is 12.4. The molecule has 0 radical (unpaired) electrons. The molecule has 1 aromatic carbocycles. The predicted molar refractivity (Wildman–Crippen MR) is 60.6 cm³/mol. The van der Waals surface area contributed by atoms with Crippen molar-refractivity contribution in [2.45, 2.75) is 20.4 Å². The predicted octanol–water partition coefficient (Wildman–Crippen LogP) is 2.62. The minimum atomic E-state index is 1.03. The lowest BCUT2D eigenvalue weighted by molar-refractivity contribution is -0.678. The van der Waals surface area contributed by atoms with Crippen molar-refractivity contribution in [2.24, 2.45) is 0 Å². The fourth-order valence-electron chi connectivity index (χ4n) is 2.33. The molecule has 1 nitrogen and oxygen atoms in total. The second-order valence-corrected chi connectivity index (χ2v) is 4.30. The van der Waals surface area contributed by atoms with Gasteiger partial charge in [-0.25, -0.2) is 0 Å². The molecule has 0 bridgehead atoms. The Kier molecular flexibility index (Phi) is 1.69. The smallest absolute Gasteiger partial charge is 0.191 e. The number of rotatable bonds is 0. The average molecular weight is 196 g/mol. The van der Waals surface area contributed by atoms with Gasteiger partial charge in [0, 0.05) is 24.6 Å². The van der Waals surface area contributed by atoms with Gasteiger partial charge in [-0.15, -0.1) is 0 Å². The molecule has 0 N–H and O–H groups in total. The molecule has 1 heteroatoms. The summed E-state index contributed by atoms with van der Waals surface area (Å²) in [6.45, 7) is 5.35. The minimum absolute atomic E-state index is 1.03. The van der Waals surface area contributed by atoms with Crippen molar-refractivity contribution < 1.29 is 4.57 Å². The summed E-state index contributed by atoms with van der Waals surface area (Å²) < 4.78 is 2.38. The highest BCUT2D eigenvalue weighted by Crippen LogP contribution is 2.27. The Morgan fingerprint density at radius 2 is 1.93 bits per heavy atom. The highest BCUT2D eigenvalue weighted by Gasteiger charge is 2.26. The van der Waals surface area contributed by atoms with E-state index in [0.29, 0.717) is 0 Å². The van der Waals surface area contributed by atoms with E-state index in [1.807, 2.05) is 0 Å². The molecule has 0 saturated heterocycles. The molecule has 0 aliphatic carbocycles. The van der Waals surface area contributed by atoms with Gasteiger partial charge in [0.15, 0.2) is 12.2 Å². The number of fused-ring (bicyclic) bond motifs is 3. The Labute approximate surface area is 90.0 Å². The second-order valence-electron chi connectivity index (χ2n) is 4.30. The largest absolute Gasteiger partial charge is 0.213 e. The lowest BCUT2D eigenvalue weighted by Gasteiger charge is -1.96. The van der Waals surface area contributed by atoms with Crippen LogP contribution in [0, 0.1) is 13.8 Å². The highest BCUT2D eigenvalue weighted by molar-refractivity contribution is 5.64. The number of aryl methyl sites for hydroxylation is 2. The van der Waals surface area contributed by atoms with Crippen LogP contribution in [-0.4, -0.2) is 0 Å². The van der Waals surface area contributed by atoms with Crippen molar-refractivity contribution in [1.29, 1.82) is 0 Å². The third-order valence-electron chi connectivity index (χ3n) is 3.18. The molecule has 74 valence electrons. The minimum Gasteiger partial charge on any atom is -0.191 e. The van der Waals surface area contributed by atoms with E-state index in [4.69, 9.17) is 0 Å². The maximum atomic E-state index is 2.38. The van der Waals surface area contributed by atoms with Crippen LogP contribution in [0.2, 0.25) is 0 Å². The maximum absolute atomic E-state index is 2.38. The third-order valence-corrected chi connectivity index (χ3v) is 3.18. The summed E-state index contributed by atoms with van der Waals surface area (Å²) in [6.07, 6.45) is 0. The number of aromatic nitrogens is 1. The van der Waals surface area contributed by atoms with Gasteiger partial charge in [0.1, 0.15) is 0 Å². The Bertz CT molecular complexity index is 541. The Hall–Kier alpha value is -1.63. The molecule has 0 spiro atoms. The fourth-order valence-corrected chi connectivity index (χ4v) is 2.33. The summed E-state index contributed by atoms with van der Waals surface area (Å²) in [5, 5.41) is 0. The van der Waals surface area contributed by atoms with E-state index in [2.05, 4.69) is 54.8 Å². The number of benzene rings is 1. The van der Waals surface area contributed by atoms with E-state index in [1.165, 1.54) is 28.1 Å². The van der Waals surface area contributed by atoms with Crippen LogP contribution >= 0.6 is 0 Å². The number of hydrogen-bond donors (Lipinski definition) is 0. The molecular weight excluding hydrogens is 182 g/mol. The van der Waals surface area contributed by atoms with Crippen LogP contribution in [0.15, 0.2) is 36.4 Å². The summed E-state index contributed by atoms with van der Waals surface area (Å²) in [5.41, 5.74) is 6.87. The van der Waals surface area contributed by atoms with Gasteiger partial charge in [-0.3, -0.25) is 0 Å². The van der Waals surface area contributed by atoms with Gasteiger partial charge >= 0.3 is 0 Å². The first-order valence-corrected chi connectivity index (χ1v) is 5.35. The molecule has 0 unspecified atom stereocenters. The highest BCUT2D eigenvalue weighted by atomic mass is 15.0. The standard InChI is InChI=1S/C14H14N/c1-10-6-7-12-9-15-11(2)4-3-5-14(15)13(12)8-10/h3-8H,9H2,1-2H3/q+1. The lowest BCUT2D eigenvalue weighted by atomic mass is 10.0. The second kappa shape index (κ2) is 2.93. The average Bonchev–Trinajstić information content (AvgIpc) is 2.58. The van der Waals surface area contributed by atoms with Gasteiger partial charge < -0.3 is 0 Å². The molecule has 1 aliphatic rings. The molecule has 0 fully saturated rings. The Balaban J connectivity index is 2.31. The quantitative estimate of drug-likeness (QED) is 0.487. The maximum Gasteiger partial charge on any atom is 0.213 e. The summed E-state index contributed by atoms with van der Waals surface area (Å²) >= 11 is 0. The van der Waals surface area contributed by atoms with E-state index < -0.39 is 0 Å². The van der Waals surface area contributed by atoms with E-state index in [1.54, 1.807) is 0 Å². The number of pyridine rings is 1. The SMILES string of the molecule is Cc1ccc2c(c1)-c1cccc(C)[n+]1C2. The van der Waals surface area contributed by atoms with Gasteiger partial charge in [-0.05, 0) is 19.1 Å². The Morgan fingerprint density at radius 3 is 2.80 bits per heavy atom. The van der Waals surface area contributed by atoms with Gasteiger partial charge in [0.05, 0.1) is 5.56 Å². The molecular formula is C14H14N+. The Morgan fingerprint density at radius 1 is 1.07 bits per heavy atom. The van der Waals surface area contributed by atoms with Crippen molar-refractivity contribution in [1.82, 2.24) is 0 Å². The van der Waals surface area contributed by atoms with Gasteiger partial charge in [0.25, 0.3) is 0 Å². The first kappa shape index (κ1) is 8.66.